The quantitative estimate of drug-likeness (QED) is 0.325. The van der Waals surface area contributed by atoms with Gasteiger partial charge in [0.15, 0.2) is 0 Å². The van der Waals surface area contributed by atoms with Crippen LogP contribution in [0.1, 0.15) is 25.3 Å². The van der Waals surface area contributed by atoms with E-state index in [0.29, 0.717) is 12.6 Å². The highest BCUT2D eigenvalue weighted by Gasteiger charge is 2.00. The summed E-state index contributed by atoms with van der Waals surface area (Å²) in [7, 11) is 0. The highest BCUT2D eigenvalue weighted by molar-refractivity contribution is 5.14. The van der Waals surface area contributed by atoms with Crippen molar-refractivity contribution < 1.29 is 0 Å². The van der Waals surface area contributed by atoms with E-state index < -0.39 is 0 Å². The first-order valence-electron chi connectivity index (χ1n) is 5.61. The van der Waals surface area contributed by atoms with Gasteiger partial charge in [0.1, 0.15) is 0 Å². The second-order valence-corrected chi connectivity index (χ2v) is 3.86. The number of hydrogen-bond acceptors (Lipinski definition) is 2. The molecule has 0 heterocycles. The minimum absolute atomic E-state index is 0.453. The molecule has 4 heteroatoms. The van der Waals surface area contributed by atoms with Crippen molar-refractivity contribution in [3.05, 3.63) is 46.3 Å². The maximum atomic E-state index is 8.13. The summed E-state index contributed by atoms with van der Waals surface area (Å²) in [6.45, 7) is 3.64. The van der Waals surface area contributed by atoms with Crippen molar-refractivity contribution in [1.29, 1.82) is 0 Å². The van der Waals surface area contributed by atoms with E-state index in [1.54, 1.807) is 0 Å². The molecule has 0 bridgehead atoms. The minimum atomic E-state index is 0.453. The molecule has 0 fully saturated rings. The molecular formula is C12H18N4. The number of nitrogens with one attached hydrogen (secondary N) is 1. The van der Waals surface area contributed by atoms with Crippen molar-refractivity contribution in [2.75, 3.05) is 6.54 Å². The molecular weight excluding hydrogens is 200 g/mol. The van der Waals surface area contributed by atoms with Crippen LogP contribution in [0, 0.1) is 0 Å². The maximum absolute atomic E-state index is 8.13. The lowest BCUT2D eigenvalue weighted by atomic mass is 10.1. The molecule has 0 spiro atoms. The van der Waals surface area contributed by atoms with E-state index in [9.17, 15) is 0 Å². The summed E-state index contributed by atoms with van der Waals surface area (Å²) < 4.78 is 0. The zero-order chi connectivity index (χ0) is 11.6. The van der Waals surface area contributed by atoms with Gasteiger partial charge in [0, 0.05) is 24.0 Å². The average molecular weight is 218 g/mol. The summed E-state index contributed by atoms with van der Waals surface area (Å²) >= 11 is 0. The fourth-order valence-corrected chi connectivity index (χ4v) is 1.50. The van der Waals surface area contributed by atoms with Gasteiger partial charge in [0.25, 0.3) is 0 Å². The predicted molar refractivity (Wildman–Crippen MR) is 66.0 cm³/mol. The summed E-state index contributed by atoms with van der Waals surface area (Å²) in [4.78, 5) is 2.73. The molecule has 1 rings (SSSR count). The van der Waals surface area contributed by atoms with Crippen molar-refractivity contribution in [3.8, 4) is 0 Å². The van der Waals surface area contributed by atoms with Crippen molar-refractivity contribution in [2.45, 2.75) is 32.4 Å². The Kier molecular flexibility index (Phi) is 6.07. The topological polar surface area (TPSA) is 60.8 Å². The zero-order valence-corrected chi connectivity index (χ0v) is 9.63. The van der Waals surface area contributed by atoms with E-state index in [-0.39, 0.29) is 0 Å². The highest BCUT2D eigenvalue weighted by atomic mass is 15.1. The van der Waals surface area contributed by atoms with Gasteiger partial charge in [-0.25, -0.2) is 0 Å². The van der Waals surface area contributed by atoms with E-state index in [1.807, 2.05) is 18.2 Å². The molecule has 1 aromatic carbocycles. The van der Waals surface area contributed by atoms with Gasteiger partial charge in [-0.1, -0.05) is 35.4 Å². The van der Waals surface area contributed by atoms with E-state index >= 15 is 0 Å². The Morgan fingerprint density at radius 1 is 1.38 bits per heavy atom. The molecule has 16 heavy (non-hydrogen) atoms. The fraction of sp³-hybridized carbons (Fsp3) is 0.500. The van der Waals surface area contributed by atoms with Crippen LogP contribution in [0.25, 0.3) is 10.4 Å². The first-order chi connectivity index (χ1) is 7.83. The van der Waals surface area contributed by atoms with Crippen LogP contribution in [0.2, 0.25) is 0 Å². The van der Waals surface area contributed by atoms with Crippen LogP contribution in [0.4, 0.5) is 0 Å². The smallest absolute Gasteiger partial charge is 0.0258 e. The van der Waals surface area contributed by atoms with E-state index in [4.69, 9.17) is 5.53 Å². The number of hydrogen-bond donors (Lipinski definition) is 1. The summed E-state index contributed by atoms with van der Waals surface area (Å²) in [6.07, 6.45) is 1.97. The van der Waals surface area contributed by atoms with Gasteiger partial charge in [-0.2, -0.15) is 0 Å². The van der Waals surface area contributed by atoms with Crippen LogP contribution in [0.5, 0.6) is 0 Å². The molecule has 0 saturated carbocycles. The third kappa shape index (κ3) is 5.39. The average Bonchev–Trinajstić information content (AvgIpc) is 2.33. The Labute approximate surface area is 96.3 Å². The third-order valence-electron chi connectivity index (χ3n) is 2.46. The van der Waals surface area contributed by atoms with Crippen LogP contribution < -0.4 is 5.32 Å². The molecule has 1 aromatic rings. The molecule has 1 unspecified atom stereocenters. The molecule has 1 N–H and O–H groups in total. The third-order valence-corrected chi connectivity index (χ3v) is 2.46. The van der Waals surface area contributed by atoms with Gasteiger partial charge < -0.3 is 5.32 Å². The molecule has 1 atom stereocenters. The minimum Gasteiger partial charge on any atom is -0.310 e. The van der Waals surface area contributed by atoms with Crippen LogP contribution in [-0.4, -0.2) is 12.6 Å². The summed E-state index contributed by atoms with van der Waals surface area (Å²) in [6, 6.07) is 10.8. The van der Waals surface area contributed by atoms with Crippen molar-refractivity contribution in [2.24, 2.45) is 5.11 Å². The Balaban J connectivity index is 2.15. The second-order valence-electron chi connectivity index (χ2n) is 3.86. The first kappa shape index (κ1) is 12.6. The Morgan fingerprint density at radius 3 is 2.81 bits per heavy atom. The molecule has 0 aliphatic heterocycles. The van der Waals surface area contributed by atoms with Gasteiger partial charge in [-0.15, -0.1) is 0 Å². The van der Waals surface area contributed by atoms with Crippen molar-refractivity contribution >= 4 is 0 Å². The molecule has 0 saturated heterocycles. The summed E-state index contributed by atoms with van der Waals surface area (Å²) in [5.74, 6) is 0. The maximum Gasteiger partial charge on any atom is 0.0258 e. The normalized spacial score (nSPS) is 11.8. The summed E-state index contributed by atoms with van der Waals surface area (Å²) in [5.41, 5.74) is 9.42. The molecule has 0 radical (unpaired) electrons. The van der Waals surface area contributed by atoms with E-state index in [0.717, 1.165) is 19.4 Å². The highest BCUT2D eigenvalue weighted by Crippen LogP contribution is 2.01. The van der Waals surface area contributed by atoms with Gasteiger partial charge in [0.2, 0.25) is 0 Å². The molecule has 0 aliphatic rings. The van der Waals surface area contributed by atoms with Crippen molar-refractivity contribution in [1.82, 2.24) is 5.32 Å². The SMILES string of the molecule is CC(CCCN=[N+]=[N-])NCc1ccccc1. The molecule has 0 aromatic heterocycles. The van der Waals surface area contributed by atoms with Crippen LogP contribution in [0.15, 0.2) is 35.4 Å². The number of benzene rings is 1. The largest absolute Gasteiger partial charge is 0.310 e. The lowest BCUT2D eigenvalue weighted by Crippen LogP contribution is -2.25. The summed E-state index contributed by atoms with van der Waals surface area (Å²) in [5, 5.41) is 6.96. The molecule has 0 aliphatic carbocycles. The van der Waals surface area contributed by atoms with Gasteiger partial charge >= 0.3 is 0 Å². The fourth-order valence-electron chi connectivity index (χ4n) is 1.50. The Morgan fingerprint density at radius 2 is 2.12 bits per heavy atom. The zero-order valence-electron chi connectivity index (χ0n) is 9.63. The van der Waals surface area contributed by atoms with Crippen LogP contribution in [0.3, 0.4) is 0 Å². The number of nitrogens with zero attached hydrogens (tertiary/aromatic N) is 3. The first-order valence-corrected chi connectivity index (χ1v) is 5.61. The van der Waals surface area contributed by atoms with Gasteiger partial charge in [0.05, 0.1) is 0 Å². The standard InChI is InChI=1S/C12H18N4/c1-11(6-5-9-15-16-13)14-10-12-7-3-2-4-8-12/h2-4,7-8,11,14H,5-6,9-10H2,1H3. The Bertz CT molecular complexity index is 330. The Hall–Kier alpha value is -1.51. The molecule has 86 valence electrons. The molecule has 0 amide bonds. The number of rotatable bonds is 7. The lowest BCUT2D eigenvalue weighted by Gasteiger charge is -2.12. The van der Waals surface area contributed by atoms with Crippen molar-refractivity contribution in [3.63, 3.8) is 0 Å². The lowest BCUT2D eigenvalue weighted by molar-refractivity contribution is 0.501. The van der Waals surface area contributed by atoms with Gasteiger partial charge in [-0.3, -0.25) is 0 Å². The van der Waals surface area contributed by atoms with Crippen LogP contribution >= 0.6 is 0 Å². The predicted octanol–water partition coefficient (Wildman–Crippen LogP) is 3.26. The van der Waals surface area contributed by atoms with Crippen LogP contribution in [-0.2, 0) is 6.54 Å². The molecule has 4 nitrogen and oxygen atoms in total. The number of azide groups is 1. The van der Waals surface area contributed by atoms with E-state index in [1.165, 1.54) is 5.56 Å². The second kappa shape index (κ2) is 7.74. The van der Waals surface area contributed by atoms with E-state index in [2.05, 4.69) is 34.4 Å². The monoisotopic (exact) mass is 218 g/mol. The van der Waals surface area contributed by atoms with Gasteiger partial charge in [-0.05, 0) is 30.9 Å².